The molecule has 0 aromatic carbocycles. The third-order valence-corrected chi connectivity index (χ3v) is 0. The van der Waals surface area contributed by atoms with Crippen molar-refractivity contribution in [3.05, 3.63) is 0 Å². The Bertz CT molecular complexity index is 20.3. The molecule has 0 heterocycles. The molecular weight excluding hydrogens is 247 g/mol. The molecule has 0 spiro atoms. The number of hydrogen-bond acceptors (Lipinski definition) is 9. The molecule has 0 aliphatic heterocycles. The first kappa shape index (κ1) is 45.5. The van der Waals surface area contributed by atoms with Gasteiger partial charge in [0.15, 0.2) is 0 Å². The van der Waals surface area contributed by atoms with Crippen LogP contribution in [0.5, 0.6) is 0 Å². The molecule has 0 atom stereocenters. The zero-order valence-corrected chi connectivity index (χ0v) is 7.14. The van der Waals surface area contributed by atoms with Gasteiger partial charge in [-0.3, -0.25) is 0 Å². The number of rotatable bonds is 0. The van der Waals surface area contributed by atoms with Gasteiger partial charge in [-0.2, -0.15) is 0 Å². The molecule has 0 aromatic rings. The van der Waals surface area contributed by atoms with E-state index in [1.165, 1.54) is 0 Å². The standard InChI is InChI=1S/2Al.2Mg.3H2O3.4H/c;;;;3*1-3-2;;;;/h;;;;3*1-2H;;;;/q2*+3;;;;;;;;;/p-6. The molecule has 0 radical (unpaired) electrons. The fraction of sp³-hybridized carbons (Fsp3) is 0. The molecule has 0 N–H and O–H groups in total. The molecule has 0 aromatic heterocycles. The average molecular weight is 251 g/mol. The van der Waals surface area contributed by atoms with Gasteiger partial charge in [0.25, 0.3) is 0 Å². The summed E-state index contributed by atoms with van der Waals surface area (Å²) in [6.45, 7) is 0. The van der Waals surface area contributed by atoms with Crippen molar-refractivity contribution in [2.75, 3.05) is 0 Å². The van der Waals surface area contributed by atoms with Gasteiger partial charge < -0.3 is 46.7 Å². The second-order valence-electron chi connectivity index (χ2n) is 0.204. The Hall–Kier alpha value is 2.24. The van der Waals surface area contributed by atoms with Crippen LogP contribution in [-0.2, 0) is 15.1 Å². The molecule has 68 valence electrons. The monoisotopic (exact) mass is 250 g/mol. The van der Waals surface area contributed by atoms with Gasteiger partial charge in [-0.15, -0.1) is 0 Å². The fourth-order valence-electron chi connectivity index (χ4n) is 0. The molecule has 0 bridgehead atoms. The van der Waals surface area contributed by atoms with E-state index in [0.717, 1.165) is 0 Å². The van der Waals surface area contributed by atoms with Crippen molar-refractivity contribution in [1.82, 2.24) is 0 Å². The van der Waals surface area contributed by atoms with Crippen molar-refractivity contribution < 1.29 is 46.7 Å². The Morgan fingerprint density at radius 1 is 0.462 bits per heavy atom. The van der Waals surface area contributed by atoms with Crippen LogP contribution in [0, 0.1) is 0 Å². The Balaban J connectivity index is -0.00000000720. The van der Waals surface area contributed by atoms with E-state index in [9.17, 15) is 0 Å². The first-order valence-electron chi connectivity index (χ1n) is 1.00. The summed E-state index contributed by atoms with van der Waals surface area (Å²) in [7, 11) is 0. The largest absolute Gasteiger partial charge is 3.00 e. The fourth-order valence-corrected chi connectivity index (χ4v) is 0. The van der Waals surface area contributed by atoms with Crippen LogP contribution in [0.15, 0.2) is 0 Å². The summed E-state index contributed by atoms with van der Waals surface area (Å²) in [5.41, 5.74) is 0. The second-order valence-corrected chi connectivity index (χ2v) is 0.204. The normalized spacial score (nSPS) is 4.15. The van der Waals surface area contributed by atoms with Gasteiger partial charge >= 0.3 is 80.8 Å². The van der Waals surface area contributed by atoms with Crippen LogP contribution in [0.4, 0.5) is 0 Å². The maximum atomic E-state index is 7.88. The van der Waals surface area contributed by atoms with Gasteiger partial charge in [-0.25, -0.2) is 0 Å². The molecule has 9 nitrogen and oxygen atoms in total. The van der Waals surface area contributed by atoms with Gasteiger partial charge in [0.2, 0.25) is 0 Å². The van der Waals surface area contributed by atoms with Crippen molar-refractivity contribution in [2.24, 2.45) is 0 Å². The van der Waals surface area contributed by atoms with Crippen LogP contribution in [0.1, 0.15) is 0 Å². The van der Waals surface area contributed by atoms with Crippen LogP contribution in [-0.4, -0.2) is 80.8 Å². The van der Waals surface area contributed by atoms with Crippen molar-refractivity contribution in [1.29, 1.82) is 0 Å². The summed E-state index contributed by atoms with van der Waals surface area (Å²) < 4.78 is 0. The third kappa shape index (κ3) is 426. The van der Waals surface area contributed by atoms with E-state index in [1.807, 2.05) is 0 Å². The van der Waals surface area contributed by atoms with E-state index < -0.39 is 0 Å². The van der Waals surface area contributed by atoms with Crippen molar-refractivity contribution in [2.45, 2.75) is 0 Å². The molecule has 0 fully saturated rings. The van der Waals surface area contributed by atoms with Crippen LogP contribution in [0.2, 0.25) is 0 Å². The summed E-state index contributed by atoms with van der Waals surface area (Å²) >= 11 is 0. The molecule has 0 amide bonds. The minimum Gasteiger partial charge on any atom is -0.734 e. The molecule has 0 aliphatic carbocycles. The molecule has 0 saturated carbocycles. The quantitative estimate of drug-likeness (QED) is 0.230. The SMILES string of the molecule is [Al+3].[Al+3].[MgH2].[MgH2].[O-]O[O-].[O-]O[O-].[O-]O[O-]. The predicted octanol–water partition coefficient (Wildman–Crippen LogP) is -9.93. The molecule has 0 saturated heterocycles. The van der Waals surface area contributed by atoms with Gasteiger partial charge in [0, 0.05) is 0 Å². The molecule has 0 unspecified atom stereocenters. The summed E-state index contributed by atoms with van der Waals surface area (Å²) in [4.78, 5) is 0. The summed E-state index contributed by atoms with van der Waals surface area (Å²) in [6, 6.07) is 0. The molecule has 0 rings (SSSR count). The molecule has 13 heteroatoms. The summed E-state index contributed by atoms with van der Waals surface area (Å²) in [5, 5.41) is 52.5. The Kier molecular flexibility index (Phi) is 318. The molecule has 0 aliphatic rings. The average Bonchev–Trinajstić information content (AvgIpc) is 1.70. The predicted molar refractivity (Wildman–Crippen MR) is 31.9 cm³/mol. The Morgan fingerprint density at radius 3 is 0.462 bits per heavy atom. The molecular formula is H4Al2Mg2O9. The van der Waals surface area contributed by atoms with Gasteiger partial charge in [-0.1, -0.05) is 0 Å². The second kappa shape index (κ2) is 91.0. The van der Waals surface area contributed by atoms with E-state index in [2.05, 4.69) is 0 Å². The van der Waals surface area contributed by atoms with Gasteiger partial charge in [-0.05, 0) is 0 Å². The topological polar surface area (TPSA) is 166 Å². The van der Waals surface area contributed by atoms with E-state index >= 15 is 0 Å². The zero-order valence-electron chi connectivity index (χ0n) is 4.83. The first-order chi connectivity index (χ1) is 4.24. The third-order valence-electron chi connectivity index (χ3n) is 0. The minimum absolute atomic E-state index is 0. The van der Waals surface area contributed by atoms with Gasteiger partial charge in [0.05, 0.1) is 0 Å². The Labute approximate surface area is 126 Å². The van der Waals surface area contributed by atoms with Crippen LogP contribution < -0.4 is 31.5 Å². The maximum Gasteiger partial charge on any atom is 3.00 e. The Morgan fingerprint density at radius 2 is 0.462 bits per heavy atom. The summed E-state index contributed by atoms with van der Waals surface area (Å²) in [6.07, 6.45) is 0. The maximum absolute atomic E-state index is 7.88. The van der Waals surface area contributed by atoms with Crippen LogP contribution in [0.3, 0.4) is 0 Å². The van der Waals surface area contributed by atoms with Crippen LogP contribution >= 0.6 is 0 Å². The van der Waals surface area contributed by atoms with E-state index in [4.69, 9.17) is 31.5 Å². The van der Waals surface area contributed by atoms with E-state index in [-0.39, 0.29) is 80.8 Å². The van der Waals surface area contributed by atoms with Crippen molar-refractivity contribution in [3.8, 4) is 0 Å². The van der Waals surface area contributed by atoms with Crippen molar-refractivity contribution in [3.63, 3.8) is 0 Å². The van der Waals surface area contributed by atoms with Crippen LogP contribution in [0.25, 0.3) is 0 Å². The minimum atomic E-state index is 0. The smallest absolute Gasteiger partial charge is 0.734 e. The van der Waals surface area contributed by atoms with Gasteiger partial charge in [0.1, 0.15) is 0 Å². The van der Waals surface area contributed by atoms with E-state index in [0.29, 0.717) is 0 Å². The first-order valence-corrected chi connectivity index (χ1v) is 1.00. The zero-order chi connectivity index (χ0) is 8.12. The summed E-state index contributed by atoms with van der Waals surface area (Å²) in [5.74, 6) is 0. The van der Waals surface area contributed by atoms with Crippen molar-refractivity contribution >= 4 is 80.8 Å². The molecule has 13 heavy (non-hydrogen) atoms. The number of hydrogen-bond donors (Lipinski definition) is 0. The van der Waals surface area contributed by atoms with E-state index in [1.54, 1.807) is 15.1 Å².